The highest BCUT2D eigenvalue weighted by molar-refractivity contribution is 7.19. The molecule has 2 aromatic heterocycles. The minimum atomic E-state index is -0.559. The standard InChI is InChI=1S/C31H28N4O4S/c1-3-10-22-19-26(36)35-27(29(37)34-25-14-9-8-11-20(25)4-2)28(40-31(35)33-22)30(38)32-21-15-17-24(18-16-21)39-23-12-6-5-7-13-23/h5-9,11-19H,3-4,10H2,1-2H3,(H,32,38)(H,34,37). The van der Waals surface area contributed by atoms with Gasteiger partial charge in [0.25, 0.3) is 17.4 Å². The second-order valence-corrected chi connectivity index (χ2v) is 10.1. The zero-order valence-electron chi connectivity index (χ0n) is 22.1. The average molecular weight is 553 g/mol. The van der Waals surface area contributed by atoms with Crippen LogP contribution in [-0.4, -0.2) is 21.2 Å². The first-order chi connectivity index (χ1) is 19.5. The van der Waals surface area contributed by atoms with Crippen LogP contribution in [0.5, 0.6) is 11.5 Å². The molecule has 3 aromatic carbocycles. The molecule has 0 fully saturated rings. The molecule has 0 aliphatic carbocycles. The van der Waals surface area contributed by atoms with Gasteiger partial charge in [-0.1, -0.05) is 68.0 Å². The Bertz CT molecular complexity index is 1730. The maximum absolute atomic E-state index is 13.6. The van der Waals surface area contributed by atoms with Gasteiger partial charge in [0.05, 0.1) is 0 Å². The Morgan fingerprint density at radius 3 is 2.30 bits per heavy atom. The van der Waals surface area contributed by atoms with Crippen LogP contribution in [0.25, 0.3) is 4.96 Å². The SMILES string of the molecule is CCCc1cc(=O)n2c(C(=O)Nc3ccccc3CC)c(C(=O)Nc3ccc(Oc4ccccc4)cc3)sc2n1. The number of thiazole rings is 1. The minimum absolute atomic E-state index is 0.0482. The number of para-hydroxylation sites is 2. The normalized spacial score (nSPS) is 10.8. The van der Waals surface area contributed by atoms with Gasteiger partial charge in [-0.3, -0.25) is 14.4 Å². The number of amides is 2. The number of nitrogens with one attached hydrogen (secondary N) is 2. The molecule has 8 nitrogen and oxygen atoms in total. The zero-order chi connectivity index (χ0) is 28.1. The molecular weight excluding hydrogens is 524 g/mol. The van der Waals surface area contributed by atoms with E-state index in [4.69, 9.17) is 4.74 Å². The number of rotatable bonds is 9. The quantitative estimate of drug-likeness (QED) is 0.215. The molecule has 0 saturated carbocycles. The summed E-state index contributed by atoms with van der Waals surface area (Å²) in [6.45, 7) is 3.99. The number of nitrogens with zero attached hydrogens (tertiary/aromatic N) is 2. The summed E-state index contributed by atoms with van der Waals surface area (Å²) < 4.78 is 7.04. The first-order valence-corrected chi connectivity index (χ1v) is 13.9. The lowest BCUT2D eigenvalue weighted by atomic mass is 10.1. The number of aromatic nitrogens is 2. The average Bonchev–Trinajstić information content (AvgIpc) is 3.36. The van der Waals surface area contributed by atoms with E-state index in [-0.39, 0.29) is 10.6 Å². The van der Waals surface area contributed by atoms with Gasteiger partial charge in [0.2, 0.25) is 0 Å². The summed E-state index contributed by atoms with van der Waals surface area (Å²) >= 11 is 1.01. The van der Waals surface area contributed by atoms with Gasteiger partial charge in [-0.15, -0.1) is 0 Å². The van der Waals surface area contributed by atoms with Gasteiger partial charge in [0.1, 0.15) is 22.1 Å². The number of hydrogen-bond donors (Lipinski definition) is 2. The molecule has 2 heterocycles. The first-order valence-electron chi connectivity index (χ1n) is 13.1. The van der Waals surface area contributed by atoms with E-state index in [1.807, 2.05) is 62.4 Å². The lowest BCUT2D eigenvalue weighted by molar-refractivity contribution is 0.0989. The number of benzene rings is 3. The molecule has 9 heteroatoms. The van der Waals surface area contributed by atoms with Crippen molar-refractivity contribution in [3.8, 4) is 11.5 Å². The predicted molar refractivity (Wildman–Crippen MR) is 158 cm³/mol. The lowest BCUT2D eigenvalue weighted by Crippen LogP contribution is -2.25. The molecule has 2 N–H and O–H groups in total. The molecule has 5 aromatic rings. The van der Waals surface area contributed by atoms with Gasteiger partial charge in [-0.25, -0.2) is 9.38 Å². The Morgan fingerprint density at radius 2 is 1.57 bits per heavy atom. The fourth-order valence-electron chi connectivity index (χ4n) is 4.32. The van der Waals surface area contributed by atoms with Gasteiger partial charge in [0.15, 0.2) is 4.96 Å². The largest absolute Gasteiger partial charge is 0.457 e. The fourth-order valence-corrected chi connectivity index (χ4v) is 5.36. The summed E-state index contributed by atoms with van der Waals surface area (Å²) in [5, 5.41) is 5.74. The van der Waals surface area contributed by atoms with Gasteiger partial charge in [0, 0.05) is 23.1 Å². The van der Waals surface area contributed by atoms with Crippen LogP contribution in [0.15, 0.2) is 89.7 Å². The minimum Gasteiger partial charge on any atom is -0.457 e. The molecule has 0 spiro atoms. The summed E-state index contributed by atoms with van der Waals surface area (Å²) in [5.74, 6) is 0.235. The highest BCUT2D eigenvalue weighted by Gasteiger charge is 2.27. The number of ether oxygens (including phenoxy) is 1. The van der Waals surface area contributed by atoms with Crippen molar-refractivity contribution in [1.82, 2.24) is 9.38 Å². The summed E-state index contributed by atoms with van der Waals surface area (Å²) in [5.41, 5.74) is 2.25. The number of carbonyl (C=O) groups excluding carboxylic acids is 2. The van der Waals surface area contributed by atoms with Crippen molar-refractivity contribution in [3.63, 3.8) is 0 Å². The fraction of sp³-hybridized carbons (Fsp3) is 0.161. The third kappa shape index (κ3) is 5.79. The third-order valence-electron chi connectivity index (χ3n) is 6.24. The molecule has 0 unspecified atom stereocenters. The van der Waals surface area contributed by atoms with Crippen LogP contribution >= 0.6 is 11.3 Å². The van der Waals surface area contributed by atoms with E-state index in [1.165, 1.54) is 10.5 Å². The van der Waals surface area contributed by atoms with Crippen LogP contribution in [0.1, 0.15) is 51.7 Å². The van der Waals surface area contributed by atoms with Crippen molar-refractivity contribution >= 4 is 39.5 Å². The van der Waals surface area contributed by atoms with Crippen molar-refractivity contribution in [3.05, 3.63) is 117 Å². The molecule has 202 valence electrons. The predicted octanol–water partition coefficient (Wildman–Crippen LogP) is 6.57. The zero-order valence-corrected chi connectivity index (χ0v) is 23.0. The van der Waals surface area contributed by atoms with E-state index in [0.717, 1.165) is 23.3 Å². The monoisotopic (exact) mass is 552 g/mol. The van der Waals surface area contributed by atoms with Crippen LogP contribution < -0.4 is 20.9 Å². The van der Waals surface area contributed by atoms with Crippen molar-refractivity contribution in [2.75, 3.05) is 10.6 Å². The summed E-state index contributed by atoms with van der Waals surface area (Å²) in [7, 11) is 0. The molecule has 0 atom stereocenters. The van der Waals surface area contributed by atoms with E-state index in [1.54, 1.807) is 30.3 Å². The van der Waals surface area contributed by atoms with Gasteiger partial charge in [-0.2, -0.15) is 0 Å². The summed E-state index contributed by atoms with van der Waals surface area (Å²) in [4.78, 5) is 45.3. The molecule has 0 aliphatic rings. The van der Waals surface area contributed by atoms with Crippen LogP contribution in [0.4, 0.5) is 11.4 Å². The van der Waals surface area contributed by atoms with Crippen molar-refractivity contribution in [2.45, 2.75) is 33.1 Å². The third-order valence-corrected chi connectivity index (χ3v) is 7.28. The van der Waals surface area contributed by atoms with Crippen LogP contribution in [0.3, 0.4) is 0 Å². The lowest BCUT2D eigenvalue weighted by Gasteiger charge is -2.11. The Morgan fingerprint density at radius 1 is 0.875 bits per heavy atom. The maximum Gasteiger partial charge on any atom is 0.274 e. The van der Waals surface area contributed by atoms with Gasteiger partial charge < -0.3 is 15.4 Å². The first kappa shape index (κ1) is 26.8. The molecule has 5 rings (SSSR count). The summed E-state index contributed by atoms with van der Waals surface area (Å²) in [6.07, 6.45) is 2.14. The van der Waals surface area contributed by atoms with Crippen molar-refractivity contribution in [1.29, 1.82) is 0 Å². The maximum atomic E-state index is 13.6. The molecular formula is C31H28N4O4S. The number of carbonyl (C=O) groups is 2. The number of anilines is 2. The van der Waals surface area contributed by atoms with E-state index in [2.05, 4.69) is 15.6 Å². The summed E-state index contributed by atoms with van der Waals surface area (Å²) in [6, 6.07) is 25.1. The van der Waals surface area contributed by atoms with E-state index >= 15 is 0 Å². The molecule has 40 heavy (non-hydrogen) atoms. The van der Waals surface area contributed by atoms with Gasteiger partial charge >= 0.3 is 0 Å². The molecule has 2 amide bonds. The number of fused-ring (bicyclic) bond motifs is 1. The van der Waals surface area contributed by atoms with E-state index in [9.17, 15) is 14.4 Å². The molecule has 0 saturated heterocycles. The topological polar surface area (TPSA) is 102 Å². The number of hydrogen-bond acceptors (Lipinski definition) is 6. The highest BCUT2D eigenvalue weighted by atomic mass is 32.1. The Balaban J connectivity index is 1.48. The second-order valence-electron chi connectivity index (χ2n) is 9.09. The van der Waals surface area contributed by atoms with E-state index in [0.29, 0.717) is 46.4 Å². The Kier molecular flexibility index (Phi) is 8.02. The van der Waals surface area contributed by atoms with Crippen LogP contribution in [0, 0.1) is 0 Å². The Labute approximate surface area is 235 Å². The molecule has 0 radical (unpaired) electrons. The molecule has 0 bridgehead atoms. The highest BCUT2D eigenvalue weighted by Crippen LogP contribution is 2.27. The Hall–Kier alpha value is -4.76. The molecule has 0 aliphatic heterocycles. The number of aryl methyl sites for hydroxylation is 2. The van der Waals surface area contributed by atoms with Crippen LogP contribution in [0.2, 0.25) is 0 Å². The van der Waals surface area contributed by atoms with Crippen molar-refractivity contribution in [2.24, 2.45) is 0 Å². The van der Waals surface area contributed by atoms with Crippen LogP contribution in [-0.2, 0) is 12.8 Å². The van der Waals surface area contributed by atoms with E-state index < -0.39 is 17.4 Å². The van der Waals surface area contributed by atoms with Gasteiger partial charge in [-0.05, 0) is 60.9 Å². The van der Waals surface area contributed by atoms with Crippen molar-refractivity contribution < 1.29 is 14.3 Å². The smallest absolute Gasteiger partial charge is 0.274 e. The second kappa shape index (κ2) is 12.0.